The second-order valence-electron chi connectivity index (χ2n) is 9.67. The average molecular weight is 427 g/mol. The summed E-state index contributed by atoms with van der Waals surface area (Å²) in [5, 5.41) is 3.21. The summed E-state index contributed by atoms with van der Waals surface area (Å²) in [6, 6.07) is 31.9. The maximum absolute atomic E-state index is 12.9. The number of nitrogens with zero attached hydrogens (tertiary/aromatic N) is 1. The molecule has 3 heteroatoms. The van der Waals surface area contributed by atoms with Crippen molar-refractivity contribution in [3.05, 3.63) is 108 Å². The standard InChI is InChI=1S/C29H34N2O/c1-29(2)20-27(28(32)30-29)26(25-16-10-5-11-17-25)18-19-31(21-23-12-6-3-7-13-23)22-24-14-8-4-9-15-24/h3-17,26-27H,18-22H2,1-2H3,(H,30,32). The van der Waals surface area contributed by atoms with E-state index < -0.39 is 0 Å². The van der Waals surface area contributed by atoms with Gasteiger partial charge in [0.1, 0.15) is 0 Å². The van der Waals surface area contributed by atoms with Crippen molar-refractivity contribution < 1.29 is 4.79 Å². The lowest BCUT2D eigenvalue weighted by Crippen LogP contribution is -2.35. The van der Waals surface area contributed by atoms with Gasteiger partial charge >= 0.3 is 0 Å². The van der Waals surface area contributed by atoms with Gasteiger partial charge in [0.2, 0.25) is 5.91 Å². The molecule has 1 saturated heterocycles. The van der Waals surface area contributed by atoms with E-state index in [9.17, 15) is 4.79 Å². The molecule has 3 nitrogen and oxygen atoms in total. The van der Waals surface area contributed by atoms with Crippen molar-refractivity contribution in [2.24, 2.45) is 5.92 Å². The monoisotopic (exact) mass is 426 g/mol. The summed E-state index contributed by atoms with van der Waals surface area (Å²) >= 11 is 0. The van der Waals surface area contributed by atoms with Crippen molar-refractivity contribution in [1.82, 2.24) is 10.2 Å². The number of benzene rings is 3. The number of carbonyl (C=O) groups is 1. The van der Waals surface area contributed by atoms with Crippen molar-refractivity contribution in [3.8, 4) is 0 Å². The Hall–Kier alpha value is -2.91. The SMILES string of the molecule is CC1(C)CC(C(CCN(Cc2ccccc2)Cc2ccccc2)c2ccccc2)C(=O)N1. The highest BCUT2D eigenvalue weighted by molar-refractivity contribution is 5.83. The van der Waals surface area contributed by atoms with E-state index in [2.05, 4.69) is 115 Å². The predicted octanol–water partition coefficient (Wildman–Crippen LogP) is 5.78. The summed E-state index contributed by atoms with van der Waals surface area (Å²) in [5.41, 5.74) is 3.77. The van der Waals surface area contributed by atoms with Crippen LogP contribution in [0.1, 0.15) is 49.3 Å². The lowest BCUT2D eigenvalue weighted by atomic mass is 9.80. The number of nitrogens with one attached hydrogen (secondary N) is 1. The Morgan fingerprint density at radius 1 is 0.844 bits per heavy atom. The lowest BCUT2D eigenvalue weighted by molar-refractivity contribution is -0.123. The van der Waals surface area contributed by atoms with Crippen LogP contribution in [0.2, 0.25) is 0 Å². The largest absolute Gasteiger partial charge is 0.351 e. The van der Waals surface area contributed by atoms with Crippen molar-refractivity contribution in [2.75, 3.05) is 6.54 Å². The van der Waals surface area contributed by atoms with Crippen LogP contribution in [-0.4, -0.2) is 22.9 Å². The summed E-state index contributed by atoms with van der Waals surface area (Å²) in [4.78, 5) is 15.4. The highest BCUT2D eigenvalue weighted by Crippen LogP contribution is 2.38. The van der Waals surface area contributed by atoms with Crippen LogP contribution in [0.5, 0.6) is 0 Å². The van der Waals surface area contributed by atoms with Crippen LogP contribution < -0.4 is 5.32 Å². The van der Waals surface area contributed by atoms with Crippen molar-refractivity contribution in [1.29, 1.82) is 0 Å². The maximum Gasteiger partial charge on any atom is 0.224 e. The Bertz CT molecular complexity index is 944. The van der Waals surface area contributed by atoms with Crippen LogP contribution in [0.4, 0.5) is 0 Å². The third kappa shape index (κ3) is 5.86. The molecule has 1 heterocycles. The van der Waals surface area contributed by atoms with Crippen molar-refractivity contribution in [2.45, 2.75) is 51.2 Å². The highest BCUT2D eigenvalue weighted by atomic mass is 16.2. The number of carbonyl (C=O) groups excluding carboxylic acids is 1. The van der Waals surface area contributed by atoms with Gasteiger partial charge in [-0.05, 0) is 55.8 Å². The fourth-order valence-corrected chi connectivity index (χ4v) is 4.96. The highest BCUT2D eigenvalue weighted by Gasteiger charge is 2.41. The molecule has 1 fully saturated rings. The van der Waals surface area contributed by atoms with Gasteiger partial charge in [0.25, 0.3) is 0 Å². The van der Waals surface area contributed by atoms with Gasteiger partial charge in [0, 0.05) is 24.5 Å². The molecule has 3 aromatic carbocycles. The Balaban J connectivity index is 1.54. The molecule has 0 aromatic heterocycles. The molecule has 166 valence electrons. The van der Waals surface area contributed by atoms with Gasteiger partial charge in [-0.2, -0.15) is 0 Å². The Kier molecular flexibility index (Phi) is 7.06. The Morgan fingerprint density at radius 3 is 1.81 bits per heavy atom. The molecule has 0 spiro atoms. The molecule has 1 aliphatic rings. The van der Waals surface area contributed by atoms with Gasteiger partial charge in [0.05, 0.1) is 0 Å². The number of rotatable bonds is 9. The normalized spacial score (nSPS) is 18.5. The fourth-order valence-electron chi connectivity index (χ4n) is 4.96. The third-order valence-electron chi connectivity index (χ3n) is 6.50. The van der Waals surface area contributed by atoms with Crippen molar-refractivity contribution in [3.63, 3.8) is 0 Å². The zero-order valence-corrected chi connectivity index (χ0v) is 19.2. The zero-order chi connectivity index (χ0) is 22.4. The molecule has 3 aromatic rings. The molecule has 2 atom stereocenters. The summed E-state index contributed by atoms with van der Waals surface area (Å²) in [6.45, 7) is 7.00. The van der Waals surface area contributed by atoms with Crippen molar-refractivity contribution >= 4 is 5.91 Å². The average Bonchev–Trinajstić information content (AvgIpc) is 3.08. The molecular formula is C29H34N2O. The molecule has 4 rings (SSSR count). The first-order valence-corrected chi connectivity index (χ1v) is 11.7. The number of hydrogen-bond donors (Lipinski definition) is 1. The molecule has 2 unspecified atom stereocenters. The second-order valence-corrected chi connectivity index (χ2v) is 9.67. The Labute approximate surface area is 192 Å². The summed E-state index contributed by atoms with van der Waals surface area (Å²) in [7, 11) is 0. The molecular weight excluding hydrogens is 392 g/mol. The first-order valence-electron chi connectivity index (χ1n) is 11.7. The predicted molar refractivity (Wildman–Crippen MR) is 131 cm³/mol. The van der Waals surface area contributed by atoms with Gasteiger partial charge in [-0.25, -0.2) is 0 Å². The fraction of sp³-hybridized carbons (Fsp3) is 0.345. The van der Waals surface area contributed by atoms with E-state index >= 15 is 0 Å². The summed E-state index contributed by atoms with van der Waals surface area (Å²) in [5.74, 6) is 0.427. The number of amides is 1. The maximum atomic E-state index is 12.9. The minimum absolute atomic E-state index is 0.0164. The molecule has 0 radical (unpaired) electrons. The van der Waals surface area contributed by atoms with Crippen LogP contribution in [0.15, 0.2) is 91.0 Å². The van der Waals surface area contributed by atoms with Gasteiger partial charge in [-0.15, -0.1) is 0 Å². The minimum atomic E-state index is -0.136. The van der Waals surface area contributed by atoms with E-state index in [0.29, 0.717) is 0 Å². The van der Waals surface area contributed by atoms with Crippen LogP contribution in [0, 0.1) is 5.92 Å². The number of hydrogen-bond acceptors (Lipinski definition) is 2. The van der Waals surface area contributed by atoms with Crippen LogP contribution in [-0.2, 0) is 17.9 Å². The third-order valence-corrected chi connectivity index (χ3v) is 6.50. The summed E-state index contributed by atoms with van der Waals surface area (Å²) in [6.07, 6.45) is 1.83. The van der Waals surface area contributed by atoms with Gasteiger partial charge < -0.3 is 5.32 Å². The molecule has 0 saturated carbocycles. The van der Waals surface area contributed by atoms with E-state index in [1.54, 1.807) is 0 Å². The van der Waals surface area contributed by atoms with Gasteiger partial charge in [0.15, 0.2) is 0 Å². The lowest BCUT2D eigenvalue weighted by Gasteiger charge is -2.28. The quantitative estimate of drug-likeness (QED) is 0.471. The summed E-state index contributed by atoms with van der Waals surface area (Å²) < 4.78 is 0. The van der Waals surface area contributed by atoms with E-state index in [4.69, 9.17) is 0 Å². The van der Waals surface area contributed by atoms with Gasteiger partial charge in [-0.1, -0.05) is 91.0 Å². The van der Waals surface area contributed by atoms with E-state index in [1.165, 1.54) is 16.7 Å². The van der Waals surface area contributed by atoms with E-state index in [0.717, 1.165) is 32.5 Å². The molecule has 0 aliphatic carbocycles. The smallest absolute Gasteiger partial charge is 0.224 e. The molecule has 32 heavy (non-hydrogen) atoms. The first-order chi connectivity index (χ1) is 15.5. The molecule has 0 bridgehead atoms. The van der Waals surface area contributed by atoms with Crippen LogP contribution >= 0.6 is 0 Å². The first kappa shape index (κ1) is 22.3. The molecule has 1 aliphatic heterocycles. The van der Waals surface area contributed by atoms with E-state index in [1.807, 2.05) is 0 Å². The molecule has 1 N–H and O–H groups in total. The second kappa shape index (κ2) is 10.1. The van der Waals surface area contributed by atoms with Crippen LogP contribution in [0.3, 0.4) is 0 Å². The minimum Gasteiger partial charge on any atom is -0.351 e. The zero-order valence-electron chi connectivity index (χ0n) is 19.2. The topological polar surface area (TPSA) is 32.3 Å². The van der Waals surface area contributed by atoms with Crippen LogP contribution in [0.25, 0.3) is 0 Å². The van der Waals surface area contributed by atoms with E-state index in [-0.39, 0.29) is 23.3 Å². The van der Waals surface area contributed by atoms with Gasteiger partial charge in [-0.3, -0.25) is 9.69 Å². The Morgan fingerprint density at radius 2 is 1.34 bits per heavy atom. The molecule has 1 amide bonds.